The fourth-order valence-corrected chi connectivity index (χ4v) is 4.82. The first-order chi connectivity index (χ1) is 19.0. The van der Waals surface area contributed by atoms with Crippen molar-refractivity contribution >= 4 is 14.2 Å². The second-order valence-corrected chi connectivity index (χ2v) is 16.6. The topological polar surface area (TPSA) is 125 Å². The molecule has 0 aliphatic heterocycles. The van der Waals surface area contributed by atoms with Gasteiger partial charge in [0.05, 0.1) is 44.9 Å². The van der Waals surface area contributed by atoms with E-state index in [0.717, 1.165) is 4.57 Å². The molecule has 0 spiro atoms. The van der Waals surface area contributed by atoms with Crippen LogP contribution in [0, 0.1) is 17.1 Å². The Bertz CT molecular complexity index is 1370. The Hall–Kier alpha value is -3.27. The molecule has 1 aromatic carbocycles. The van der Waals surface area contributed by atoms with Crippen LogP contribution in [0.15, 0.2) is 34.0 Å². The molecule has 1 N–H and O–H groups in total. The van der Waals surface area contributed by atoms with Crippen molar-refractivity contribution in [3.63, 3.8) is 0 Å². The largest absolute Gasteiger partial charge is 0.496 e. The van der Waals surface area contributed by atoms with E-state index in [9.17, 15) is 18.8 Å². The number of nitrogens with zero attached hydrogens (tertiary/aromatic N) is 3. The highest BCUT2D eigenvalue weighted by molar-refractivity contribution is 6.74. The van der Waals surface area contributed by atoms with Crippen LogP contribution < -0.4 is 21.3 Å². The highest BCUT2D eigenvalue weighted by Crippen LogP contribution is 2.37. The van der Waals surface area contributed by atoms with Crippen molar-refractivity contribution in [3.05, 3.63) is 62.2 Å². The Morgan fingerprint density at radius 3 is 2.41 bits per heavy atom. The normalized spacial score (nSPS) is 13.5. The predicted molar refractivity (Wildman–Crippen MR) is 157 cm³/mol. The third kappa shape index (κ3) is 8.61. The number of hydrogen-bond acceptors (Lipinski definition) is 7. The minimum absolute atomic E-state index is 0.0176. The number of methoxy groups -OCH3 is 1. The minimum Gasteiger partial charge on any atom is -0.496 e. The average Bonchev–Trinajstić information content (AvgIpc) is 2.87. The maximum absolute atomic E-state index is 14.3. The standard InChI is InChI=1S/C29H43FN4O6Si/c1-19(2)32-26(35)20(3)34-27(36)21(18-40-41(8,9)29(4,5)6)16-33(28(34)37)17-25(39-14-10-13-31)23-15-22(30)11-12-24(23)38-7/h11-12,15-16,19-20,25H,10,14,17-18H2,1-9H3,(H,32,35). The van der Waals surface area contributed by atoms with Crippen LogP contribution in [0.2, 0.25) is 18.1 Å². The van der Waals surface area contributed by atoms with Crippen LogP contribution in [-0.2, 0) is 27.1 Å². The molecule has 1 heterocycles. The number of nitrogens with one attached hydrogen (secondary N) is 1. The van der Waals surface area contributed by atoms with Crippen LogP contribution in [0.4, 0.5) is 4.39 Å². The van der Waals surface area contributed by atoms with E-state index in [1.165, 1.54) is 43.0 Å². The molecule has 0 fully saturated rings. The third-order valence-corrected chi connectivity index (χ3v) is 11.8. The molecule has 1 amide bonds. The molecule has 1 aromatic heterocycles. The molecule has 0 saturated carbocycles. The van der Waals surface area contributed by atoms with Crippen LogP contribution in [-0.4, -0.2) is 43.1 Å². The van der Waals surface area contributed by atoms with Crippen molar-refractivity contribution in [3.8, 4) is 11.8 Å². The van der Waals surface area contributed by atoms with Crippen molar-refractivity contribution in [2.75, 3.05) is 13.7 Å². The van der Waals surface area contributed by atoms with Crippen molar-refractivity contribution in [1.82, 2.24) is 14.5 Å². The van der Waals surface area contributed by atoms with E-state index in [1.807, 2.05) is 6.07 Å². The lowest BCUT2D eigenvalue weighted by molar-refractivity contribution is -0.124. The summed E-state index contributed by atoms with van der Waals surface area (Å²) in [4.78, 5) is 40.3. The monoisotopic (exact) mass is 590 g/mol. The molecule has 2 rings (SSSR count). The highest BCUT2D eigenvalue weighted by atomic mass is 28.4. The zero-order chi connectivity index (χ0) is 31.1. The summed E-state index contributed by atoms with van der Waals surface area (Å²) in [6, 6.07) is 4.62. The molecule has 0 aliphatic rings. The van der Waals surface area contributed by atoms with Gasteiger partial charge in [0.25, 0.3) is 5.56 Å². The lowest BCUT2D eigenvalue weighted by atomic mass is 10.1. The van der Waals surface area contributed by atoms with Crippen LogP contribution >= 0.6 is 0 Å². The summed E-state index contributed by atoms with van der Waals surface area (Å²) < 4.78 is 34.1. The quantitative estimate of drug-likeness (QED) is 0.270. The molecule has 0 radical (unpaired) electrons. The lowest BCUT2D eigenvalue weighted by Gasteiger charge is -2.36. The number of nitriles is 1. The van der Waals surface area contributed by atoms with Gasteiger partial charge in [0.2, 0.25) is 5.91 Å². The second-order valence-electron chi connectivity index (χ2n) is 11.8. The molecule has 12 heteroatoms. The number of carbonyl (C=O) groups excluding carboxylic acids is 1. The molecule has 2 aromatic rings. The number of hydrogen-bond donors (Lipinski definition) is 1. The van der Waals surface area contributed by atoms with E-state index >= 15 is 0 Å². The van der Waals surface area contributed by atoms with Gasteiger partial charge in [-0.2, -0.15) is 5.26 Å². The predicted octanol–water partition coefficient (Wildman–Crippen LogP) is 4.44. The first-order valence-corrected chi connectivity index (χ1v) is 16.6. The van der Waals surface area contributed by atoms with E-state index in [1.54, 1.807) is 13.8 Å². The van der Waals surface area contributed by atoms with E-state index in [-0.39, 0.29) is 42.8 Å². The van der Waals surface area contributed by atoms with Crippen molar-refractivity contribution in [1.29, 1.82) is 5.26 Å². The van der Waals surface area contributed by atoms with Crippen molar-refractivity contribution in [2.45, 2.75) is 97.4 Å². The van der Waals surface area contributed by atoms with Gasteiger partial charge in [-0.25, -0.2) is 13.8 Å². The Morgan fingerprint density at radius 1 is 1.20 bits per heavy atom. The van der Waals surface area contributed by atoms with Gasteiger partial charge in [0.1, 0.15) is 23.7 Å². The van der Waals surface area contributed by atoms with Crippen molar-refractivity contribution in [2.24, 2.45) is 0 Å². The highest BCUT2D eigenvalue weighted by Gasteiger charge is 2.37. The smallest absolute Gasteiger partial charge is 0.331 e. The van der Waals surface area contributed by atoms with Gasteiger partial charge in [-0.3, -0.25) is 14.2 Å². The summed E-state index contributed by atoms with van der Waals surface area (Å²) in [6.45, 7) is 15.2. The number of aromatic nitrogens is 2. The molecule has 41 heavy (non-hydrogen) atoms. The SMILES string of the molecule is COc1ccc(F)cc1C(Cn1cc(CO[Si](C)(C)C(C)(C)C)c(=O)n(C(C)C(=O)NC(C)C)c1=O)OCCC#N. The minimum atomic E-state index is -2.28. The first-order valence-electron chi connectivity index (χ1n) is 13.6. The number of ether oxygens (including phenoxy) is 2. The maximum atomic E-state index is 14.3. The number of amides is 1. The molecular weight excluding hydrogens is 547 g/mol. The van der Waals surface area contributed by atoms with Crippen LogP contribution in [0.1, 0.15) is 71.2 Å². The fraction of sp³-hybridized carbons (Fsp3) is 0.586. The van der Waals surface area contributed by atoms with Gasteiger partial charge in [-0.15, -0.1) is 0 Å². The summed E-state index contributed by atoms with van der Waals surface area (Å²) >= 11 is 0. The average molecular weight is 591 g/mol. The number of halogens is 1. The third-order valence-electron chi connectivity index (χ3n) is 7.28. The Morgan fingerprint density at radius 2 is 1.85 bits per heavy atom. The second kappa shape index (κ2) is 14.1. The Balaban J connectivity index is 2.70. The molecule has 226 valence electrons. The van der Waals surface area contributed by atoms with Crippen molar-refractivity contribution < 1.29 is 23.1 Å². The summed E-state index contributed by atoms with van der Waals surface area (Å²) in [5.41, 5.74) is -0.830. The van der Waals surface area contributed by atoms with E-state index in [2.05, 4.69) is 39.2 Å². The van der Waals surface area contributed by atoms with Gasteiger partial charge < -0.3 is 19.2 Å². The zero-order valence-corrected chi connectivity index (χ0v) is 26.5. The number of carbonyl (C=O) groups is 1. The van der Waals surface area contributed by atoms with Crippen LogP contribution in [0.5, 0.6) is 5.75 Å². The molecule has 0 saturated heterocycles. The van der Waals surface area contributed by atoms with E-state index < -0.39 is 43.4 Å². The first kappa shape index (κ1) is 33.9. The Labute approximate surface area is 242 Å². The summed E-state index contributed by atoms with van der Waals surface area (Å²) in [5.74, 6) is -0.683. The molecule has 0 bridgehead atoms. The van der Waals surface area contributed by atoms with Gasteiger partial charge in [0.15, 0.2) is 8.32 Å². The van der Waals surface area contributed by atoms with Gasteiger partial charge in [-0.1, -0.05) is 20.8 Å². The zero-order valence-electron chi connectivity index (χ0n) is 25.5. The van der Waals surface area contributed by atoms with Gasteiger partial charge in [0, 0.05) is 17.8 Å². The summed E-state index contributed by atoms with van der Waals surface area (Å²) in [7, 11) is -0.852. The molecule has 2 unspecified atom stereocenters. The van der Waals surface area contributed by atoms with Crippen LogP contribution in [0.25, 0.3) is 0 Å². The summed E-state index contributed by atoms with van der Waals surface area (Å²) in [5, 5.41) is 11.7. The maximum Gasteiger partial charge on any atom is 0.331 e. The van der Waals surface area contributed by atoms with E-state index in [0.29, 0.717) is 11.3 Å². The molecular formula is C29H43FN4O6Si. The van der Waals surface area contributed by atoms with Crippen LogP contribution in [0.3, 0.4) is 0 Å². The lowest BCUT2D eigenvalue weighted by Crippen LogP contribution is -2.49. The Kier molecular flexibility index (Phi) is 11.6. The number of benzene rings is 1. The molecule has 10 nitrogen and oxygen atoms in total. The number of rotatable bonds is 13. The summed E-state index contributed by atoms with van der Waals surface area (Å²) in [6.07, 6.45) is 0.570. The van der Waals surface area contributed by atoms with Gasteiger partial charge >= 0.3 is 5.69 Å². The molecule has 2 atom stereocenters. The van der Waals surface area contributed by atoms with Gasteiger partial charge in [-0.05, 0) is 57.1 Å². The van der Waals surface area contributed by atoms with E-state index in [4.69, 9.17) is 19.2 Å². The molecule has 0 aliphatic carbocycles. The fourth-order valence-electron chi connectivity index (χ4n) is 3.87.